The quantitative estimate of drug-likeness (QED) is 0.888. The van der Waals surface area contributed by atoms with Crippen molar-refractivity contribution in [1.82, 2.24) is 5.32 Å². The molecule has 1 aromatic rings. The van der Waals surface area contributed by atoms with Gasteiger partial charge >= 0.3 is 0 Å². The Bertz CT molecular complexity index is 399. The van der Waals surface area contributed by atoms with E-state index >= 15 is 0 Å². The summed E-state index contributed by atoms with van der Waals surface area (Å²) in [5.74, 6) is 1.61. The van der Waals surface area contributed by atoms with Crippen LogP contribution < -0.4 is 19.7 Å². The predicted molar refractivity (Wildman–Crippen MR) is 73.8 cm³/mol. The Morgan fingerprint density at radius 3 is 2.33 bits per heavy atom. The number of para-hydroxylation sites is 1. The summed E-state index contributed by atoms with van der Waals surface area (Å²) in [5.41, 5.74) is 1.11. The van der Waals surface area contributed by atoms with Crippen LogP contribution in [-0.2, 0) is 0 Å². The molecule has 0 aromatic heterocycles. The van der Waals surface area contributed by atoms with Gasteiger partial charge in [0.2, 0.25) is 0 Å². The molecule has 1 saturated heterocycles. The monoisotopic (exact) mass is 250 g/mol. The highest BCUT2D eigenvalue weighted by Gasteiger charge is 2.24. The van der Waals surface area contributed by atoms with Crippen molar-refractivity contribution in [2.75, 3.05) is 32.2 Å². The van der Waals surface area contributed by atoms with E-state index in [1.54, 1.807) is 14.2 Å². The van der Waals surface area contributed by atoms with Crippen molar-refractivity contribution in [3.63, 3.8) is 0 Å². The Kier molecular flexibility index (Phi) is 3.97. The van der Waals surface area contributed by atoms with Crippen LogP contribution >= 0.6 is 0 Å². The molecule has 0 aliphatic carbocycles. The second kappa shape index (κ2) is 5.48. The summed E-state index contributed by atoms with van der Waals surface area (Å²) in [5, 5.41) is 3.53. The fourth-order valence-electron chi connectivity index (χ4n) is 2.64. The van der Waals surface area contributed by atoms with E-state index in [1.165, 1.54) is 0 Å². The summed E-state index contributed by atoms with van der Waals surface area (Å²) in [4.78, 5) is 2.35. The molecule has 4 heteroatoms. The average molecular weight is 250 g/mol. The molecule has 0 bridgehead atoms. The summed E-state index contributed by atoms with van der Waals surface area (Å²) in [6.45, 7) is 6.37. The Hall–Kier alpha value is -1.42. The van der Waals surface area contributed by atoms with Gasteiger partial charge in [-0.25, -0.2) is 0 Å². The zero-order valence-corrected chi connectivity index (χ0v) is 11.6. The average Bonchev–Trinajstić information content (AvgIpc) is 2.36. The van der Waals surface area contributed by atoms with E-state index in [-0.39, 0.29) is 0 Å². The Morgan fingerprint density at radius 2 is 1.78 bits per heavy atom. The van der Waals surface area contributed by atoms with Crippen LogP contribution in [0.25, 0.3) is 0 Å². The number of hydrogen-bond acceptors (Lipinski definition) is 4. The number of nitrogens with one attached hydrogen (secondary N) is 1. The van der Waals surface area contributed by atoms with E-state index in [9.17, 15) is 0 Å². The lowest BCUT2D eigenvalue weighted by molar-refractivity contribution is 0.351. The molecule has 18 heavy (non-hydrogen) atoms. The van der Waals surface area contributed by atoms with Gasteiger partial charge in [-0.05, 0) is 26.0 Å². The SMILES string of the molecule is COc1cccc(N2CC(C)NC(C)C2)c1OC. The molecule has 2 unspecified atom stereocenters. The number of ether oxygens (including phenoxy) is 2. The maximum Gasteiger partial charge on any atom is 0.184 e. The zero-order valence-electron chi connectivity index (χ0n) is 11.6. The van der Waals surface area contributed by atoms with Gasteiger partial charge in [-0.2, -0.15) is 0 Å². The van der Waals surface area contributed by atoms with Gasteiger partial charge in [0.25, 0.3) is 0 Å². The van der Waals surface area contributed by atoms with Gasteiger partial charge in [0.1, 0.15) is 0 Å². The topological polar surface area (TPSA) is 33.7 Å². The number of piperazine rings is 1. The number of rotatable bonds is 3. The maximum absolute atomic E-state index is 5.50. The van der Waals surface area contributed by atoms with Crippen LogP contribution in [0.5, 0.6) is 11.5 Å². The molecule has 1 fully saturated rings. The number of nitrogens with zero attached hydrogens (tertiary/aromatic N) is 1. The Morgan fingerprint density at radius 1 is 1.11 bits per heavy atom. The molecule has 1 N–H and O–H groups in total. The molecule has 2 rings (SSSR count). The third kappa shape index (κ3) is 2.53. The number of anilines is 1. The zero-order chi connectivity index (χ0) is 13.1. The van der Waals surface area contributed by atoms with E-state index in [2.05, 4.69) is 30.1 Å². The summed E-state index contributed by atoms with van der Waals surface area (Å²) in [6, 6.07) is 6.98. The summed E-state index contributed by atoms with van der Waals surface area (Å²) >= 11 is 0. The molecule has 1 heterocycles. The van der Waals surface area contributed by atoms with Gasteiger partial charge in [-0.15, -0.1) is 0 Å². The fraction of sp³-hybridized carbons (Fsp3) is 0.571. The minimum absolute atomic E-state index is 0.477. The lowest BCUT2D eigenvalue weighted by atomic mass is 10.1. The van der Waals surface area contributed by atoms with Crippen molar-refractivity contribution >= 4 is 5.69 Å². The Labute approximate surface area is 109 Å². The third-order valence-corrected chi connectivity index (χ3v) is 3.28. The van der Waals surface area contributed by atoms with Gasteiger partial charge in [0.15, 0.2) is 11.5 Å². The summed E-state index contributed by atoms with van der Waals surface area (Å²) in [6.07, 6.45) is 0. The van der Waals surface area contributed by atoms with E-state index < -0.39 is 0 Å². The maximum atomic E-state index is 5.50. The highest BCUT2D eigenvalue weighted by molar-refractivity contribution is 5.65. The normalized spacial score (nSPS) is 23.9. The molecule has 100 valence electrons. The third-order valence-electron chi connectivity index (χ3n) is 3.28. The van der Waals surface area contributed by atoms with Gasteiger partial charge in [-0.1, -0.05) is 6.07 Å². The van der Waals surface area contributed by atoms with Crippen LogP contribution in [0.15, 0.2) is 18.2 Å². The van der Waals surface area contributed by atoms with Gasteiger partial charge in [0, 0.05) is 25.2 Å². The molecule has 0 saturated carbocycles. The van der Waals surface area contributed by atoms with Crippen molar-refractivity contribution in [3.05, 3.63) is 18.2 Å². The first-order valence-corrected chi connectivity index (χ1v) is 6.37. The van der Waals surface area contributed by atoms with Crippen molar-refractivity contribution in [1.29, 1.82) is 0 Å². The van der Waals surface area contributed by atoms with E-state index in [0.29, 0.717) is 12.1 Å². The largest absolute Gasteiger partial charge is 0.493 e. The van der Waals surface area contributed by atoms with Crippen molar-refractivity contribution < 1.29 is 9.47 Å². The van der Waals surface area contributed by atoms with E-state index in [4.69, 9.17) is 9.47 Å². The second-order valence-corrected chi connectivity index (χ2v) is 4.89. The van der Waals surface area contributed by atoms with E-state index in [1.807, 2.05) is 12.1 Å². The molecule has 1 aliphatic heterocycles. The first-order valence-electron chi connectivity index (χ1n) is 6.37. The molecule has 0 amide bonds. The van der Waals surface area contributed by atoms with Gasteiger partial charge < -0.3 is 19.7 Å². The van der Waals surface area contributed by atoms with Crippen molar-refractivity contribution in [2.45, 2.75) is 25.9 Å². The van der Waals surface area contributed by atoms with Crippen LogP contribution in [0, 0.1) is 0 Å². The minimum atomic E-state index is 0.477. The fourth-order valence-corrected chi connectivity index (χ4v) is 2.64. The highest BCUT2D eigenvalue weighted by atomic mass is 16.5. The smallest absolute Gasteiger partial charge is 0.184 e. The lowest BCUT2D eigenvalue weighted by Gasteiger charge is -2.38. The lowest BCUT2D eigenvalue weighted by Crippen LogP contribution is -2.54. The molecule has 1 aromatic carbocycles. The van der Waals surface area contributed by atoms with Crippen molar-refractivity contribution in [2.24, 2.45) is 0 Å². The second-order valence-electron chi connectivity index (χ2n) is 4.89. The summed E-state index contributed by atoms with van der Waals surface area (Å²) in [7, 11) is 3.36. The number of methoxy groups -OCH3 is 2. The number of benzene rings is 1. The first kappa shape index (κ1) is 13.0. The highest BCUT2D eigenvalue weighted by Crippen LogP contribution is 2.37. The minimum Gasteiger partial charge on any atom is -0.493 e. The number of hydrogen-bond donors (Lipinski definition) is 1. The van der Waals surface area contributed by atoms with Crippen LogP contribution in [-0.4, -0.2) is 39.4 Å². The molecular weight excluding hydrogens is 228 g/mol. The predicted octanol–water partition coefficient (Wildman–Crippen LogP) is 1.89. The summed E-state index contributed by atoms with van der Waals surface area (Å²) < 4.78 is 10.9. The molecule has 0 spiro atoms. The Balaban J connectivity index is 2.32. The van der Waals surface area contributed by atoms with Crippen LogP contribution in [0.4, 0.5) is 5.69 Å². The first-order chi connectivity index (χ1) is 8.65. The van der Waals surface area contributed by atoms with Crippen molar-refractivity contribution in [3.8, 4) is 11.5 Å². The van der Waals surface area contributed by atoms with Crippen LogP contribution in [0.1, 0.15) is 13.8 Å². The van der Waals surface area contributed by atoms with Crippen LogP contribution in [0.3, 0.4) is 0 Å². The van der Waals surface area contributed by atoms with Gasteiger partial charge in [0.05, 0.1) is 19.9 Å². The standard InChI is InChI=1S/C14H22N2O2/c1-10-8-16(9-11(2)15-10)12-6-5-7-13(17-3)14(12)18-4/h5-7,10-11,15H,8-9H2,1-4H3. The molecular formula is C14H22N2O2. The molecule has 4 nitrogen and oxygen atoms in total. The molecule has 0 radical (unpaired) electrons. The van der Waals surface area contributed by atoms with Crippen LogP contribution in [0.2, 0.25) is 0 Å². The van der Waals surface area contributed by atoms with E-state index in [0.717, 1.165) is 30.3 Å². The molecule has 1 aliphatic rings. The van der Waals surface area contributed by atoms with Gasteiger partial charge in [-0.3, -0.25) is 0 Å². The molecule has 2 atom stereocenters.